The van der Waals surface area contributed by atoms with Gasteiger partial charge in [0.2, 0.25) is 0 Å². The van der Waals surface area contributed by atoms with Gasteiger partial charge in [0.15, 0.2) is 0 Å². The first-order valence-electron chi connectivity index (χ1n) is 5.74. The van der Waals surface area contributed by atoms with E-state index in [0.29, 0.717) is 0 Å². The molecule has 1 unspecified atom stereocenters. The molecule has 0 saturated carbocycles. The highest BCUT2D eigenvalue weighted by Crippen LogP contribution is 2.29. The second kappa shape index (κ2) is 5.20. The second-order valence-corrected chi connectivity index (χ2v) is 4.27. The molecule has 0 aliphatic heterocycles. The van der Waals surface area contributed by atoms with Gasteiger partial charge in [0.05, 0.1) is 31.4 Å². The van der Waals surface area contributed by atoms with Gasteiger partial charge in [0, 0.05) is 12.6 Å². The second-order valence-electron chi connectivity index (χ2n) is 4.27. The standard InChI is InChI=1S/C13H18N4O/c1-9-4-5-12(18-3)10(6-9)13(16-14)11-7-15-8-17(11)2/h4-8,13,16H,14H2,1-3H3. The molecule has 3 N–H and O–H groups in total. The van der Waals surface area contributed by atoms with E-state index in [1.54, 1.807) is 19.6 Å². The Morgan fingerprint density at radius 2 is 2.22 bits per heavy atom. The van der Waals surface area contributed by atoms with Crippen molar-refractivity contribution in [2.75, 3.05) is 7.11 Å². The molecule has 5 nitrogen and oxygen atoms in total. The fourth-order valence-corrected chi connectivity index (χ4v) is 2.06. The van der Waals surface area contributed by atoms with Crippen LogP contribution in [0.2, 0.25) is 0 Å². The SMILES string of the molecule is COc1ccc(C)cc1C(NN)c1cncn1C. The predicted molar refractivity (Wildman–Crippen MR) is 70.1 cm³/mol. The number of hydrazine groups is 1. The number of imidazole rings is 1. The number of hydrogen-bond donors (Lipinski definition) is 2. The Bertz CT molecular complexity index is 536. The van der Waals surface area contributed by atoms with Gasteiger partial charge < -0.3 is 9.30 Å². The van der Waals surface area contributed by atoms with Gasteiger partial charge in [-0.25, -0.2) is 10.4 Å². The van der Waals surface area contributed by atoms with Crippen LogP contribution in [0.25, 0.3) is 0 Å². The number of benzene rings is 1. The van der Waals surface area contributed by atoms with E-state index in [1.165, 1.54) is 0 Å². The van der Waals surface area contributed by atoms with Crippen LogP contribution < -0.4 is 16.0 Å². The summed E-state index contributed by atoms with van der Waals surface area (Å²) in [4.78, 5) is 4.12. The minimum atomic E-state index is -0.146. The highest BCUT2D eigenvalue weighted by atomic mass is 16.5. The fraction of sp³-hybridized carbons (Fsp3) is 0.308. The van der Waals surface area contributed by atoms with E-state index in [1.807, 2.05) is 30.7 Å². The number of methoxy groups -OCH3 is 1. The van der Waals surface area contributed by atoms with Crippen molar-refractivity contribution in [2.24, 2.45) is 12.9 Å². The maximum Gasteiger partial charge on any atom is 0.124 e. The normalized spacial score (nSPS) is 12.4. The highest BCUT2D eigenvalue weighted by Gasteiger charge is 2.19. The molecule has 0 fully saturated rings. The molecule has 5 heteroatoms. The lowest BCUT2D eigenvalue weighted by atomic mass is 10.0. The molecule has 18 heavy (non-hydrogen) atoms. The van der Waals surface area contributed by atoms with Gasteiger partial charge >= 0.3 is 0 Å². The van der Waals surface area contributed by atoms with Crippen molar-refractivity contribution in [1.29, 1.82) is 0 Å². The molecule has 0 bridgehead atoms. The summed E-state index contributed by atoms with van der Waals surface area (Å²) in [6.07, 6.45) is 3.55. The molecule has 0 aliphatic rings. The van der Waals surface area contributed by atoms with Crippen LogP contribution >= 0.6 is 0 Å². The smallest absolute Gasteiger partial charge is 0.124 e. The summed E-state index contributed by atoms with van der Waals surface area (Å²) in [7, 11) is 3.60. The largest absolute Gasteiger partial charge is 0.496 e. The Morgan fingerprint density at radius 1 is 1.44 bits per heavy atom. The van der Waals surface area contributed by atoms with E-state index < -0.39 is 0 Å². The topological polar surface area (TPSA) is 65.1 Å². The van der Waals surface area contributed by atoms with Gasteiger partial charge in [-0.3, -0.25) is 5.84 Å². The van der Waals surface area contributed by atoms with E-state index in [4.69, 9.17) is 10.6 Å². The van der Waals surface area contributed by atoms with Crippen LogP contribution in [0.3, 0.4) is 0 Å². The number of ether oxygens (including phenoxy) is 1. The molecule has 0 aliphatic carbocycles. The predicted octanol–water partition coefficient (Wildman–Crippen LogP) is 1.29. The third kappa shape index (κ3) is 2.23. The van der Waals surface area contributed by atoms with Crippen LogP contribution in [0.4, 0.5) is 0 Å². The Labute approximate surface area is 107 Å². The summed E-state index contributed by atoms with van der Waals surface area (Å²) < 4.78 is 7.33. The molecular weight excluding hydrogens is 228 g/mol. The molecular formula is C13H18N4O. The van der Waals surface area contributed by atoms with Gasteiger partial charge in [-0.05, 0) is 13.0 Å². The van der Waals surface area contributed by atoms with Gasteiger partial charge in [-0.2, -0.15) is 0 Å². The van der Waals surface area contributed by atoms with Crippen molar-refractivity contribution in [1.82, 2.24) is 15.0 Å². The summed E-state index contributed by atoms with van der Waals surface area (Å²) in [6, 6.07) is 5.88. The third-order valence-corrected chi connectivity index (χ3v) is 3.01. The van der Waals surface area contributed by atoms with Crippen LogP contribution in [-0.2, 0) is 7.05 Å². The average molecular weight is 246 g/mol. The lowest BCUT2D eigenvalue weighted by Gasteiger charge is -2.20. The number of aromatic nitrogens is 2. The maximum atomic E-state index is 5.69. The minimum Gasteiger partial charge on any atom is -0.496 e. The van der Waals surface area contributed by atoms with Crippen LogP contribution in [0.15, 0.2) is 30.7 Å². The first kappa shape index (κ1) is 12.6. The summed E-state index contributed by atoms with van der Waals surface area (Å²) in [6.45, 7) is 2.04. The summed E-state index contributed by atoms with van der Waals surface area (Å²) in [5, 5.41) is 0. The Kier molecular flexibility index (Phi) is 3.64. The summed E-state index contributed by atoms with van der Waals surface area (Å²) >= 11 is 0. The zero-order valence-electron chi connectivity index (χ0n) is 10.8. The lowest BCUT2D eigenvalue weighted by Crippen LogP contribution is -2.30. The Hall–Kier alpha value is -1.85. The third-order valence-electron chi connectivity index (χ3n) is 3.01. The van der Waals surface area contributed by atoms with E-state index in [-0.39, 0.29) is 6.04 Å². The van der Waals surface area contributed by atoms with E-state index in [2.05, 4.69) is 16.5 Å². The highest BCUT2D eigenvalue weighted by molar-refractivity contribution is 5.42. The maximum absolute atomic E-state index is 5.69. The Morgan fingerprint density at radius 3 is 2.78 bits per heavy atom. The summed E-state index contributed by atoms with van der Waals surface area (Å²) in [5.74, 6) is 6.50. The van der Waals surface area contributed by atoms with Crippen LogP contribution in [0.5, 0.6) is 5.75 Å². The first-order valence-corrected chi connectivity index (χ1v) is 5.74. The van der Waals surface area contributed by atoms with Gasteiger partial charge in [0.1, 0.15) is 5.75 Å². The van der Waals surface area contributed by atoms with Crippen molar-refractivity contribution < 1.29 is 4.74 Å². The van der Waals surface area contributed by atoms with Crippen LogP contribution in [0.1, 0.15) is 22.9 Å². The molecule has 2 aromatic rings. The first-order chi connectivity index (χ1) is 8.67. The minimum absolute atomic E-state index is 0.146. The molecule has 0 amide bonds. The van der Waals surface area contributed by atoms with Gasteiger partial charge in [-0.15, -0.1) is 0 Å². The molecule has 0 saturated heterocycles. The number of rotatable bonds is 4. The molecule has 1 atom stereocenters. The van der Waals surface area contributed by atoms with Crippen molar-refractivity contribution in [3.05, 3.63) is 47.5 Å². The van der Waals surface area contributed by atoms with Crippen molar-refractivity contribution in [3.63, 3.8) is 0 Å². The van der Waals surface area contributed by atoms with Crippen LogP contribution in [-0.4, -0.2) is 16.7 Å². The lowest BCUT2D eigenvalue weighted by molar-refractivity contribution is 0.403. The molecule has 2 rings (SSSR count). The molecule has 1 heterocycles. The van der Waals surface area contributed by atoms with E-state index in [0.717, 1.165) is 22.6 Å². The molecule has 0 radical (unpaired) electrons. The van der Waals surface area contributed by atoms with E-state index in [9.17, 15) is 0 Å². The number of nitrogens with zero attached hydrogens (tertiary/aromatic N) is 2. The zero-order valence-corrected chi connectivity index (χ0v) is 10.8. The monoisotopic (exact) mass is 246 g/mol. The average Bonchev–Trinajstić information content (AvgIpc) is 2.77. The molecule has 1 aromatic carbocycles. The number of nitrogens with one attached hydrogen (secondary N) is 1. The van der Waals surface area contributed by atoms with Gasteiger partial charge in [-0.1, -0.05) is 17.7 Å². The van der Waals surface area contributed by atoms with Crippen molar-refractivity contribution >= 4 is 0 Å². The van der Waals surface area contributed by atoms with Crippen molar-refractivity contribution in [2.45, 2.75) is 13.0 Å². The number of nitrogens with two attached hydrogens (primary N) is 1. The summed E-state index contributed by atoms with van der Waals surface area (Å²) in [5.41, 5.74) is 5.97. The van der Waals surface area contributed by atoms with Gasteiger partial charge in [0.25, 0.3) is 0 Å². The Balaban J connectivity index is 2.51. The van der Waals surface area contributed by atoms with E-state index >= 15 is 0 Å². The quantitative estimate of drug-likeness (QED) is 0.630. The number of aryl methyl sites for hydroxylation is 2. The fourth-order valence-electron chi connectivity index (χ4n) is 2.06. The number of hydrogen-bond acceptors (Lipinski definition) is 4. The van der Waals surface area contributed by atoms with Crippen molar-refractivity contribution in [3.8, 4) is 5.75 Å². The molecule has 96 valence electrons. The van der Waals surface area contributed by atoms with Crippen LogP contribution in [0, 0.1) is 6.92 Å². The molecule has 1 aromatic heterocycles. The zero-order chi connectivity index (χ0) is 13.1. The molecule has 0 spiro atoms.